The molecule has 2 aromatic heterocycles. The highest BCUT2D eigenvalue weighted by Gasteiger charge is 2.21. The number of rotatable bonds is 5. The first kappa shape index (κ1) is 16.8. The molecule has 1 N–H and O–H groups in total. The lowest BCUT2D eigenvalue weighted by molar-refractivity contribution is 0.0694. The van der Waals surface area contributed by atoms with Crippen molar-refractivity contribution >= 4 is 22.8 Å². The molecule has 0 aliphatic heterocycles. The smallest absolute Gasteiger partial charge is 0.339 e. The first-order valence-electron chi connectivity index (χ1n) is 7.99. The third-order valence-electron chi connectivity index (χ3n) is 4.22. The second-order valence-corrected chi connectivity index (χ2v) is 5.98. The topological polar surface area (TPSA) is 83.9 Å². The predicted octanol–water partition coefficient (Wildman–Crippen LogP) is 3.87. The molecule has 0 bridgehead atoms. The molecule has 6 heteroatoms. The van der Waals surface area contributed by atoms with Crippen molar-refractivity contribution in [1.29, 1.82) is 0 Å². The summed E-state index contributed by atoms with van der Waals surface area (Å²) in [6.45, 7) is 3.81. The normalized spacial score (nSPS) is 11.0. The Labute approximate surface area is 144 Å². The summed E-state index contributed by atoms with van der Waals surface area (Å²) in [7, 11) is 1.64. The van der Waals surface area contributed by atoms with E-state index in [2.05, 4.69) is 0 Å². The minimum atomic E-state index is -1.05. The number of furan rings is 2. The monoisotopic (exact) mass is 341 g/mol. The van der Waals surface area contributed by atoms with Crippen LogP contribution in [0.15, 0.2) is 39.4 Å². The fourth-order valence-electron chi connectivity index (χ4n) is 2.81. The number of hydrogen-bond donors (Lipinski definition) is 1. The van der Waals surface area contributed by atoms with Crippen LogP contribution in [0.1, 0.15) is 44.7 Å². The van der Waals surface area contributed by atoms with Gasteiger partial charge in [0.25, 0.3) is 5.91 Å². The zero-order valence-electron chi connectivity index (χ0n) is 14.3. The second kappa shape index (κ2) is 6.47. The molecular formula is C19H19NO5. The van der Waals surface area contributed by atoms with E-state index in [0.29, 0.717) is 22.7 Å². The van der Waals surface area contributed by atoms with Crippen LogP contribution >= 0.6 is 0 Å². The summed E-state index contributed by atoms with van der Waals surface area (Å²) >= 11 is 0. The molecule has 0 unspecified atom stereocenters. The fourth-order valence-corrected chi connectivity index (χ4v) is 2.81. The maximum Gasteiger partial charge on any atom is 0.339 e. The van der Waals surface area contributed by atoms with Crippen molar-refractivity contribution in [3.8, 4) is 0 Å². The number of carbonyl (C=O) groups is 2. The number of carboxylic acid groups (broad SMARTS) is 1. The van der Waals surface area contributed by atoms with Crippen molar-refractivity contribution in [3.63, 3.8) is 0 Å². The number of fused-ring (bicyclic) bond motifs is 1. The number of carboxylic acids is 1. The molecule has 3 rings (SSSR count). The number of carbonyl (C=O) groups excluding carboxylic acids is 1. The molecule has 0 aliphatic rings. The van der Waals surface area contributed by atoms with Gasteiger partial charge in [0, 0.05) is 12.4 Å². The van der Waals surface area contributed by atoms with E-state index in [0.717, 1.165) is 17.4 Å². The van der Waals surface area contributed by atoms with Gasteiger partial charge >= 0.3 is 5.97 Å². The van der Waals surface area contributed by atoms with Crippen LogP contribution in [-0.4, -0.2) is 28.9 Å². The van der Waals surface area contributed by atoms with E-state index in [1.54, 1.807) is 14.0 Å². The van der Waals surface area contributed by atoms with Crippen molar-refractivity contribution in [3.05, 3.63) is 58.7 Å². The van der Waals surface area contributed by atoms with Gasteiger partial charge in [-0.05, 0) is 37.1 Å². The molecule has 0 saturated heterocycles. The van der Waals surface area contributed by atoms with Gasteiger partial charge in [-0.15, -0.1) is 0 Å². The highest BCUT2D eigenvalue weighted by molar-refractivity contribution is 6.06. The van der Waals surface area contributed by atoms with Crippen LogP contribution in [0.4, 0.5) is 0 Å². The maximum atomic E-state index is 12.8. The minimum Gasteiger partial charge on any atom is -0.478 e. The van der Waals surface area contributed by atoms with Crippen LogP contribution < -0.4 is 0 Å². The quantitative estimate of drug-likeness (QED) is 0.761. The Morgan fingerprint density at radius 1 is 1.20 bits per heavy atom. The Morgan fingerprint density at radius 2 is 1.96 bits per heavy atom. The van der Waals surface area contributed by atoms with Gasteiger partial charge in [-0.1, -0.05) is 13.0 Å². The van der Waals surface area contributed by atoms with E-state index in [9.17, 15) is 9.59 Å². The average Bonchev–Trinajstić information content (AvgIpc) is 3.16. The summed E-state index contributed by atoms with van der Waals surface area (Å²) in [5.41, 5.74) is 2.38. The highest BCUT2D eigenvalue weighted by atomic mass is 16.4. The minimum absolute atomic E-state index is 0.109. The molecule has 0 atom stereocenters. The molecule has 0 saturated carbocycles. The molecule has 0 fully saturated rings. The summed E-state index contributed by atoms with van der Waals surface area (Å²) in [4.78, 5) is 25.3. The molecule has 3 aromatic rings. The van der Waals surface area contributed by atoms with Gasteiger partial charge in [-0.25, -0.2) is 4.79 Å². The van der Waals surface area contributed by atoms with Gasteiger partial charge in [0.15, 0.2) is 0 Å². The lowest BCUT2D eigenvalue weighted by Gasteiger charge is -2.14. The largest absolute Gasteiger partial charge is 0.478 e. The Hall–Kier alpha value is -3.02. The first-order valence-corrected chi connectivity index (χ1v) is 7.99. The first-order chi connectivity index (χ1) is 11.9. The van der Waals surface area contributed by atoms with E-state index >= 15 is 0 Å². The molecule has 25 heavy (non-hydrogen) atoms. The summed E-state index contributed by atoms with van der Waals surface area (Å²) in [6.07, 6.45) is 2.33. The number of hydrogen-bond acceptors (Lipinski definition) is 4. The Kier molecular flexibility index (Phi) is 4.35. The van der Waals surface area contributed by atoms with E-state index < -0.39 is 5.97 Å². The summed E-state index contributed by atoms with van der Waals surface area (Å²) in [6, 6.07) is 7.24. The third-order valence-corrected chi connectivity index (χ3v) is 4.22. The molecule has 130 valence electrons. The number of aryl methyl sites for hydroxylation is 2. The van der Waals surface area contributed by atoms with Crippen molar-refractivity contribution in [2.45, 2.75) is 26.8 Å². The molecular weight excluding hydrogens is 322 g/mol. The SMILES string of the molecule is CCc1ccc2occ(C(=O)N(C)Cc3cc(C(=O)O)c(C)o3)c2c1. The van der Waals surface area contributed by atoms with Crippen LogP contribution in [0.3, 0.4) is 0 Å². The van der Waals surface area contributed by atoms with Gasteiger partial charge in [0.2, 0.25) is 0 Å². The average molecular weight is 341 g/mol. The number of aromatic carboxylic acids is 1. The number of nitrogens with zero attached hydrogens (tertiary/aromatic N) is 1. The van der Waals surface area contributed by atoms with Crippen molar-refractivity contribution in [2.24, 2.45) is 0 Å². The van der Waals surface area contributed by atoms with E-state index in [4.69, 9.17) is 13.9 Å². The summed E-state index contributed by atoms with van der Waals surface area (Å²) in [5, 5.41) is 9.86. The third kappa shape index (κ3) is 3.15. The zero-order valence-corrected chi connectivity index (χ0v) is 14.3. The van der Waals surface area contributed by atoms with Crippen molar-refractivity contribution in [2.75, 3.05) is 7.05 Å². The molecule has 2 heterocycles. The lowest BCUT2D eigenvalue weighted by Crippen LogP contribution is -2.25. The molecule has 0 aliphatic carbocycles. The van der Waals surface area contributed by atoms with Crippen LogP contribution in [0.5, 0.6) is 0 Å². The maximum absolute atomic E-state index is 12.8. The van der Waals surface area contributed by atoms with Crippen LogP contribution in [0.25, 0.3) is 11.0 Å². The van der Waals surface area contributed by atoms with Crippen molar-refractivity contribution in [1.82, 2.24) is 4.90 Å². The van der Waals surface area contributed by atoms with Crippen LogP contribution in [-0.2, 0) is 13.0 Å². The van der Waals surface area contributed by atoms with Gasteiger partial charge in [0.1, 0.15) is 28.9 Å². The lowest BCUT2D eigenvalue weighted by atomic mass is 10.1. The molecule has 0 radical (unpaired) electrons. The Bertz CT molecular complexity index is 950. The van der Waals surface area contributed by atoms with E-state index in [1.807, 2.05) is 25.1 Å². The van der Waals surface area contributed by atoms with Crippen molar-refractivity contribution < 1.29 is 23.5 Å². The predicted molar refractivity (Wildman–Crippen MR) is 91.8 cm³/mol. The Morgan fingerprint density at radius 3 is 2.60 bits per heavy atom. The number of amides is 1. The summed E-state index contributed by atoms with van der Waals surface area (Å²) in [5.74, 6) is -0.509. The van der Waals surface area contributed by atoms with Crippen LogP contribution in [0.2, 0.25) is 0 Å². The molecule has 1 amide bonds. The Balaban J connectivity index is 1.85. The second-order valence-electron chi connectivity index (χ2n) is 5.98. The van der Waals surface area contributed by atoms with Gasteiger partial charge < -0.3 is 18.8 Å². The molecule has 6 nitrogen and oxygen atoms in total. The van der Waals surface area contributed by atoms with E-state index in [1.165, 1.54) is 17.2 Å². The zero-order chi connectivity index (χ0) is 18.1. The highest BCUT2D eigenvalue weighted by Crippen LogP contribution is 2.25. The van der Waals surface area contributed by atoms with Crippen LogP contribution in [0, 0.1) is 6.92 Å². The van der Waals surface area contributed by atoms with Gasteiger partial charge in [0.05, 0.1) is 12.1 Å². The van der Waals surface area contributed by atoms with Gasteiger partial charge in [-0.2, -0.15) is 0 Å². The number of benzene rings is 1. The standard InChI is InChI=1S/C19H19NO5/c1-4-12-5-6-17-15(7-12)16(10-24-17)18(21)20(3)9-13-8-14(19(22)23)11(2)25-13/h5-8,10H,4,9H2,1-3H3,(H,22,23). The molecule has 1 aromatic carbocycles. The van der Waals surface area contributed by atoms with E-state index in [-0.39, 0.29) is 18.0 Å². The van der Waals surface area contributed by atoms with Gasteiger partial charge in [-0.3, -0.25) is 4.79 Å². The molecule has 0 spiro atoms. The summed E-state index contributed by atoms with van der Waals surface area (Å²) < 4.78 is 10.9. The fraction of sp³-hybridized carbons (Fsp3) is 0.263.